The van der Waals surface area contributed by atoms with Crippen LogP contribution in [0, 0.1) is 5.41 Å². The average Bonchev–Trinajstić information content (AvgIpc) is 2.59. The van der Waals surface area contributed by atoms with Crippen LogP contribution < -0.4 is 5.06 Å². The Labute approximate surface area is 74.1 Å². The lowest BCUT2D eigenvalue weighted by Crippen LogP contribution is -2.15. The van der Waals surface area contributed by atoms with Gasteiger partial charge in [0.25, 0.3) is 0 Å². The first-order valence-electron chi connectivity index (χ1n) is 3.75. The van der Waals surface area contributed by atoms with Crippen LogP contribution in [0.4, 0.5) is 5.95 Å². The fourth-order valence-corrected chi connectivity index (χ4v) is 1.11. The first-order valence-corrected chi connectivity index (χ1v) is 3.75. The highest BCUT2D eigenvalue weighted by Gasteiger charge is 2.05. The molecule has 0 unspecified atom stereocenters. The molecule has 0 atom stereocenters. The van der Waals surface area contributed by atoms with Crippen LogP contribution in [0.2, 0.25) is 0 Å². The van der Waals surface area contributed by atoms with Crippen molar-refractivity contribution in [1.82, 2.24) is 9.97 Å². The molecular weight excluding hydrogens is 168 g/mol. The maximum Gasteiger partial charge on any atom is 0.233 e. The van der Waals surface area contributed by atoms with Crippen molar-refractivity contribution in [2.24, 2.45) is 0 Å². The highest BCUT2D eigenvalue weighted by atomic mass is 16.5. The van der Waals surface area contributed by atoms with Crippen molar-refractivity contribution in [2.45, 2.75) is 0 Å². The number of benzene rings is 1. The van der Waals surface area contributed by atoms with E-state index in [1.165, 1.54) is 0 Å². The maximum atomic E-state index is 9.13. The van der Waals surface area contributed by atoms with Crippen molar-refractivity contribution in [3.63, 3.8) is 0 Å². The molecule has 5 heteroatoms. The Morgan fingerprint density at radius 1 is 1.46 bits per heavy atom. The topological polar surface area (TPSA) is 76.0 Å². The van der Waals surface area contributed by atoms with E-state index in [1.807, 2.05) is 24.3 Å². The van der Waals surface area contributed by atoms with Crippen LogP contribution in [0.25, 0.3) is 11.0 Å². The van der Waals surface area contributed by atoms with E-state index in [1.54, 1.807) is 0 Å². The molecule has 0 saturated carbocycles. The molecule has 5 nitrogen and oxygen atoms in total. The number of aromatic nitrogens is 2. The molecule has 0 saturated heterocycles. The van der Waals surface area contributed by atoms with Crippen molar-refractivity contribution in [3.8, 4) is 0 Å². The van der Waals surface area contributed by atoms with E-state index in [0.717, 1.165) is 17.4 Å². The molecule has 0 spiro atoms. The third-order valence-electron chi connectivity index (χ3n) is 1.72. The van der Waals surface area contributed by atoms with Gasteiger partial charge in [0.1, 0.15) is 6.34 Å². The number of H-pyrrole nitrogens is 1. The number of hydrogen-bond acceptors (Lipinski definition) is 3. The lowest BCUT2D eigenvalue weighted by molar-refractivity contribution is 0.310. The standard InChI is InChI=1S/C8H8N4O/c9-5-12(13)8-10-6-3-1-2-4-7(6)11-8/h1-5,9,13H,(H,10,11). The minimum absolute atomic E-state index is 0.246. The summed E-state index contributed by atoms with van der Waals surface area (Å²) in [6.45, 7) is 0. The summed E-state index contributed by atoms with van der Waals surface area (Å²) in [6.07, 6.45) is 0.776. The molecule has 0 amide bonds. The maximum absolute atomic E-state index is 9.13. The van der Waals surface area contributed by atoms with Gasteiger partial charge >= 0.3 is 0 Å². The van der Waals surface area contributed by atoms with Crippen LogP contribution >= 0.6 is 0 Å². The van der Waals surface area contributed by atoms with E-state index in [-0.39, 0.29) is 5.95 Å². The van der Waals surface area contributed by atoms with E-state index in [4.69, 9.17) is 10.6 Å². The smallest absolute Gasteiger partial charge is 0.233 e. The molecule has 0 radical (unpaired) electrons. The summed E-state index contributed by atoms with van der Waals surface area (Å²) in [7, 11) is 0. The Morgan fingerprint density at radius 2 is 2.23 bits per heavy atom. The molecule has 0 aliphatic carbocycles. The van der Waals surface area contributed by atoms with Crippen LogP contribution in [0.1, 0.15) is 0 Å². The highest BCUT2D eigenvalue weighted by Crippen LogP contribution is 2.14. The van der Waals surface area contributed by atoms with Crippen molar-refractivity contribution in [2.75, 3.05) is 5.06 Å². The normalized spacial score (nSPS) is 10.2. The molecule has 0 aliphatic heterocycles. The quantitative estimate of drug-likeness (QED) is 0.367. The van der Waals surface area contributed by atoms with Gasteiger partial charge in [0.15, 0.2) is 0 Å². The van der Waals surface area contributed by atoms with Gasteiger partial charge in [-0.1, -0.05) is 12.1 Å². The predicted octanol–water partition coefficient (Wildman–Crippen LogP) is 1.37. The molecule has 1 aromatic carbocycles. The van der Waals surface area contributed by atoms with Crippen LogP contribution in [0.15, 0.2) is 24.3 Å². The summed E-state index contributed by atoms with van der Waals surface area (Å²) in [5, 5.41) is 16.6. The summed E-state index contributed by atoms with van der Waals surface area (Å²) in [4.78, 5) is 6.91. The number of fused-ring (bicyclic) bond motifs is 1. The van der Waals surface area contributed by atoms with E-state index in [0.29, 0.717) is 5.06 Å². The largest absolute Gasteiger partial charge is 0.322 e. The Kier molecular flexibility index (Phi) is 1.71. The number of hydrogen-bond donors (Lipinski definition) is 3. The van der Waals surface area contributed by atoms with Gasteiger partial charge < -0.3 is 4.98 Å². The van der Waals surface area contributed by atoms with Gasteiger partial charge in [-0.3, -0.25) is 10.6 Å². The molecule has 0 fully saturated rings. The molecule has 13 heavy (non-hydrogen) atoms. The summed E-state index contributed by atoms with van der Waals surface area (Å²) in [5.41, 5.74) is 1.59. The Balaban J connectivity index is 2.55. The second kappa shape index (κ2) is 2.87. The molecule has 0 bridgehead atoms. The van der Waals surface area contributed by atoms with E-state index < -0.39 is 0 Å². The highest BCUT2D eigenvalue weighted by molar-refractivity contribution is 5.80. The van der Waals surface area contributed by atoms with Crippen LogP contribution in [0.3, 0.4) is 0 Å². The number of nitrogens with one attached hydrogen (secondary N) is 2. The van der Waals surface area contributed by atoms with Crippen molar-refractivity contribution >= 4 is 23.3 Å². The van der Waals surface area contributed by atoms with Gasteiger partial charge in [0.2, 0.25) is 5.95 Å². The van der Waals surface area contributed by atoms with E-state index >= 15 is 0 Å². The van der Waals surface area contributed by atoms with Gasteiger partial charge in [-0.25, -0.2) is 4.98 Å². The fraction of sp³-hybridized carbons (Fsp3) is 0. The van der Waals surface area contributed by atoms with Crippen molar-refractivity contribution in [3.05, 3.63) is 24.3 Å². The SMILES string of the molecule is N=CN(O)c1nc2ccccc2[nH]1. The van der Waals surface area contributed by atoms with Crippen LogP contribution in [-0.4, -0.2) is 21.5 Å². The predicted molar refractivity (Wildman–Crippen MR) is 49.1 cm³/mol. The molecule has 2 aromatic rings. The number of aromatic amines is 1. The zero-order chi connectivity index (χ0) is 9.26. The summed E-state index contributed by atoms with van der Waals surface area (Å²) in [6, 6.07) is 7.41. The molecule has 0 aliphatic rings. The van der Waals surface area contributed by atoms with Crippen molar-refractivity contribution < 1.29 is 5.21 Å². The van der Waals surface area contributed by atoms with Crippen molar-refractivity contribution in [1.29, 1.82) is 5.41 Å². The zero-order valence-electron chi connectivity index (χ0n) is 6.73. The fourth-order valence-electron chi connectivity index (χ4n) is 1.11. The van der Waals surface area contributed by atoms with E-state index in [9.17, 15) is 0 Å². The minimum Gasteiger partial charge on any atom is -0.322 e. The lowest BCUT2D eigenvalue weighted by atomic mass is 10.3. The van der Waals surface area contributed by atoms with Crippen LogP contribution in [0.5, 0.6) is 0 Å². The number of rotatable bonds is 2. The second-order valence-electron chi connectivity index (χ2n) is 2.55. The molecule has 1 heterocycles. The Morgan fingerprint density at radius 3 is 2.92 bits per heavy atom. The number of para-hydroxylation sites is 2. The number of anilines is 1. The van der Waals surface area contributed by atoms with Crippen LogP contribution in [-0.2, 0) is 0 Å². The monoisotopic (exact) mass is 176 g/mol. The Bertz CT molecular complexity index is 403. The summed E-state index contributed by atoms with van der Waals surface area (Å²) >= 11 is 0. The lowest BCUT2D eigenvalue weighted by Gasteiger charge is -2.02. The molecule has 1 aromatic heterocycles. The third-order valence-corrected chi connectivity index (χ3v) is 1.72. The van der Waals surface area contributed by atoms with Gasteiger partial charge in [-0.2, -0.15) is 5.06 Å². The summed E-state index contributed by atoms with van der Waals surface area (Å²) in [5.74, 6) is 0.246. The number of nitrogens with zero attached hydrogens (tertiary/aromatic N) is 2. The van der Waals surface area contributed by atoms with Gasteiger partial charge in [0.05, 0.1) is 11.0 Å². The number of imidazole rings is 1. The average molecular weight is 176 g/mol. The zero-order valence-corrected chi connectivity index (χ0v) is 6.73. The van der Waals surface area contributed by atoms with E-state index in [2.05, 4.69) is 9.97 Å². The molecule has 2 rings (SSSR count). The summed E-state index contributed by atoms with van der Waals surface area (Å²) < 4.78 is 0. The Hall–Kier alpha value is -1.88. The molecule has 66 valence electrons. The molecule has 3 N–H and O–H groups in total. The van der Waals surface area contributed by atoms with Gasteiger partial charge in [-0.15, -0.1) is 0 Å². The van der Waals surface area contributed by atoms with Gasteiger partial charge in [0, 0.05) is 0 Å². The second-order valence-corrected chi connectivity index (χ2v) is 2.55. The number of hydroxylamine groups is 1. The molecular formula is C8H8N4O. The first kappa shape index (κ1) is 7.75. The van der Waals surface area contributed by atoms with Gasteiger partial charge in [-0.05, 0) is 12.1 Å². The third kappa shape index (κ3) is 1.25. The minimum atomic E-state index is 0.246. The first-order chi connectivity index (χ1) is 6.31.